The number of nitrogens with zero attached hydrogens (tertiary/aromatic N) is 1. The molecule has 1 aromatic rings. The summed E-state index contributed by atoms with van der Waals surface area (Å²) in [6, 6.07) is 4.18. The first-order chi connectivity index (χ1) is 9.86. The molecule has 0 saturated carbocycles. The Kier molecular flexibility index (Phi) is 5.66. The first kappa shape index (κ1) is 16.9. The molecule has 0 bridgehead atoms. The second-order valence-electron chi connectivity index (χ2n) is 5.08. The number of carbonyl (C=O) groups excluding carboxylic acids is 1. The van der Waals surface area contributed by atoms with Gasteiger partial charge in [-0.1, -0.05) is 6.92 Å². The van der Waals surface area contributed by atoms with Crippen molar-refractivity contribution in [1.82, 2.24) is 5.32 Å². The van der Waals surface area contributed by atoms with Crippen LogP contribution >= 0.6 is 0 Å². The number of nitrogens with one attached hydrogen (secondary N) is 2. The lowest BCUT2D eigenvalue weighted by molar-refractivity contribution is -0.384. The second-order valence-corrected chi connectivity index (χ2v) is 5.08. The molecule has 21 heavy (non-hydrogen) atoms. The summed E-state index contributed by atoms with van der Waals surface area (Å²) in [7, 11) is 1.50. The molecule has 3 N–H and O–H groups in total. The SMILES string of the molecule is CCC(C)(CCO)Nc1cc(C(=O)NC)ccc1[N+](=O)[O-]. The predicted molar refractivity (Wildman–Crippen MR) is 80.5 cm³/mol. The van der Waals surface area contributed by atoms with Crippen molar-refractivity contribution in [2.75, 3.05) is 19.0 Å². The number of benzene rings is 1. The highest BCUT2D eigenvalue weighted by atomic mass is 16.6. The maximum atomic E-state index is 11.7. The molecule has 116 valence electrons. The Morgan fingerprint density at radius 2 is 2.14 bits per heavy atom. The Morgan fingerprint density at radius 1 is 1.48 bits per heavy atom. The monoisotopic (exact) mass is 295 g/mol. The van der Waals surface area contributed by atoms with Crippen LogP contribution in [-0.4, -0.2) is 35.1 Å². The fraction of sp³-hybridized carbons (Fsp3) is 0.500. The van der Waals surface area contributed by atoms with Crippen LogP contribution in [0.4, 0.5) is 11.4 Å². The minimum Gasteiger partial charge on any atom is -0.396 e. The van der Waals surface area contributed by atoms with Crippen LogP contribution in [0.1, 0.15) is 37.0 Å². The molecule has 0 radical (unpaired) electrons. The smallest absolute Gasteiger partial charge is 0.292 e. The number of rotatable bonds is 7. The van der Waals surface area contributed by atoms with Gasteiger partial charge >= 0.3 is 0 Å². The van der Waals surface area contributed by atoms with Gasteiger partial charge in [-0.05, 0) is 31.9 Å². The highest BCUT2D eigenvalue weighted by Crippen LogP contribution is 2.30. The van der Waals surface area contributed by atoms with E-state index in [0.717, 1.165) is 0 Å². The quantitative estimate of drug-likeness (QED) is 0.526. The Labute approximate surface area is 123 Å². The Morgan fingerprint density at radius 3 is 2.62 bits per heavy atom. The van der Waals surface area contributed by atoms with E-state index in [0.29, 0.717) is 18.4 Å². The minimum absolute atomic E-state index is 0.0275. The summed E-state index contributed by atoms with van der Waals surface area (Å²) in [6.07, 6.45) is 1.12. The summed E-state index contributed by atoms with van der Waals surface area (Å²) < 4.78 is 0. The van der Waals surface area contributed by atoms with Crippen LogP contribution in [0.15, 0.2) is 18.2 Å². The van der Waals surface area contributed by atoms with Crippen LogP contribution in [0, 0.1) is 10.1 Å². The minimum atomic E-state index is -0.495. The lowest BCUT2D eigenvalue weighted by Crippen LogP contribution is -2.35. The summed E-state index contributed by atoms with van der Waals surface area (Å²) in [5.74, 6) is -0.312. The largest absolute Gasteiger partial charge is 0.396 e. The average molecular weight is 295 g/mol. The molecule has 0 fully saturated rings. The maximum absolute atomic E-state index is 11.7. The lowest BCUT2D eigenvalue weighted by Gasteiger charge is -2.30. The van der Waals surface area contributed by atoms with Gasteiger partial charge in [0.2, 0.25) is 0 Å². The Bertz CT molecular complexity index is 533. The van der Waals surface area contributed by atoms with Crippen molar-refractivity contribution >= 4 is 17.3 Å². The van der Waals surface area contributed by atoms with Crippen molar-refractivity contribution in [2.24, 2.45) is 0 Å². The fourth-order valence-corrected chi connectivity index (χ4v) is 1.98. The normalized spacial score (nSPS) is 13.3. The van der Waals surface area contributed by atoms with E-state index in [-0.39, 0.29) is 23.9 Å². The zero-order valence-corrected chi connectivity index (χ0v) is 12.5. The number of nitro groups is 1. The molecule has 0 spiro atoms. The summed E-state index contributed by atoms with van der Waals surface area (Å²) in [6.45, 7) is 3.77. The first-order valence-corrected chi connectivity index (χ1v) is 6.76. The van der Waals surface area contributed by atoms with Crippen molar-refractivity contribution in [3.8, 4) is 0 Å². The van der Waals surface area contributed by atoms with Gasteiger partial charge in [0.1, 0.15) is 5.69 Å². The summed E-state index contributed by atoms with van der Waals surface area (Å²) in [5, 5.41) is 25.8. The zero-order valence-electron chi connectivity index (χ0n) is 12.5. The fourth-order valence-electron chi connectivity index (χ4n) is 1.98. The lowest BCUT2D eigenvalue weighted by atomic mass is 9.94. The van der Waals surface area contributed by atoms with Crippen LogP contribution < -0.4 is 10.6 Å². The van der Waals surface area contributed by atoms with Crippen molar-refractivity contribution in [2.45, 2.75) is 32.2 Å². The van der Waals surface area contributed by atoms with Crippen LogP contribution in [0.3, 0.4) is 0 Å². The molecule has 1 amide bonds. The standard InChI is InChI=1S/C14H21N3O4/c1-4-14(2,7-8-18)16-11-9-10(13(19)15-3)5-6-12(11)17(20)21/h5-6,9,16,18H,4,7-8H2,1-3H3,(H,15,19). The van der Waals surface area contributed by atoms with E-state index in [9.17, 15) is 14.9 Å². The van der Waals surface area contributed by atoms with Crippen molar-refractivity contribution in [1.29, 1.82) is 0 Å². The molecule has 1 unspecified atom stereocenters. The molecule has 0 saturated heterocycles. The van der Waals surface area contributed by atoms with Gasteiger partial charge < -0.3 is 15.7 Å². The molecule has 1 rings (SSSR count). The van der Waals surface area contributed by atoms with Gasteiger partial charge in [0.05, 0.1) is 4.92 Å². The Hall–Kier alpha value is -2.15. The van der Waals surface area contributed by atoms with Gasteiger partial charge in [0.25, 0.3) is 11.6 Å². The first-order valence-electron chi connectivity index (χ1n) is 6.76. The maximum Gasteiger partial charge on any atom is 0.292 e. The topological polar surface area (TPSA) is 104 Å². The third-order valence-electron chi connectivity index (χ3n) is 3.56. The van der Waals surface area contributed by atoms with Crippen LogP contribution in [-0.2, 0) is 0 Å². The van der Waals surface area contributed by atoms with Crippen molar-refractivity contribution in [3.63, 3.8) is 0 Å². The van der Waals surface area contributed by atoms with E-state index < -0.39 is 10.5 Å². The molecule has 0 aliphatic rings. The molecule has 1 aromatic carbocycles. The van der Waals surface area contributed by atoms with E-state index in [1.807, 2.05) is 13.8 Å². The van der Waals surface area contributed by atoms with E-state index in [1.165, 1.54) is 25.2 Å². The number of hydrogen-bond acceptors (Lipinski definition) is 5. The van der Waals surface area contributed by atoms with Gasteiger partial charge in [0.15, 0.2) is 0 Å². The van der Waals surface area contributed by atoms with Crippen LogP contribution in [0.2, 0.25) is 0 Å². The number of anilines is 1. The summed E-state index contributed by atoms with van der Waals surface area (Å²) in [5.41, 5.74) is 0.0353. The molecular weight excluding hydrogens is 274 g/mol. The number of aliphatic hydroxyl groups is 1. The predicted octanol–water partition coefficient (Wildman–Crippen LogP) is 1.92. The van der Waals surface area contributed by atoms with E-state index in [1.54, 1.807) is 0 Å². The van der Waals surface area contributed by atoms with E-state index in [4.69, 9.17) is 5.11 Å². The van der Waals surface area contributed by atoms with E-state index in [2.05, 4.69) is 10.6 Å². The van der Waals surface area contributed by atoms with Gasteiger partial charge in [-0.2, -0.15) is 0 Å². The number of hydrogen-bond donors (Lipinski definition) is 3. The highest BCUT2D eigenvalue weighted by Gasteiger charge is 2.25. The van der Waals surface area contributed by atoms with Gasteiger partial charge in [0, 0.05) is 30.8 Å². The van der Waals surface area contributed by atoms with Gasteiger partial charge in [-0.15, -0.1) is 0 Å². The van der Waals surface area contributed by atoms with E-state index >= 15 is 0 Å². The van der Waals surface area contributed by atoms with Crippen molar-refractivity contribution in [3.05, 3.63) is 33.9 Å². The summed E-state index contributed by atoms with van der Waals surface area (Å²) in [4.78, 5) is 22.3. The molecule has 0 aromatic heterocycles. The Balaban J connectivity index is 3.23. The number of amides is 1. The van der Waals surface area contributed by atoms with Crippen LogP contribution in [0.25, 0.3) is 0 Å². The van der Waals surface area contributed by atoms with Gasteiger partial charge in [-0.3, -0.25) is 14.9 Å². The van der Waals surface area contributed by atoms with Gasteiger partial charge in [-0.25, -0.2) is 0 Å². The number of carbonyl (C=O) groups is 1. The molecule has 7 heteroatoms. The molecular formula is C14H21N3O4. The molecule has 0 aliphatic carbocycles. The number of nitro benzene ring substituents is 1. The molecule has 0 heterocycles. The molecule has 7 nitrogen and oxygen atoms in total. The zero-order chi connectivity index (χ0) is 16.0. The molecule has 0 aliphatic heterocycles. The molecule has 1 atom stereocenters. The highest BCUT2D eigenvalue weighted by molar-refractivity contribution is 5.95. The summed E-state index contributed by atoms with van der Waals surface area (Å²) >= 11 is 0. The third-order valence-corrected chi connectivity index (χ3v) is 3.56. The van der Waals surface area contributed by atoms with Crippen LogP contribution in [0.5, 0.6) is 0 Å². The third kappa shape index (κ3) is 4.16. The average Bonchev–Trinajstić information content (AvgIpc) is 2.46. The second kappa shape index (κ2) is 7.03. The number of aliphatic hydroxyl groups excluding tert-OH is 1. The van der Waals surface area contributed by atoms with Crippen molar-refractivity contribution < 1.29 is 14.8 Å².